The molecule has 11 heteroatoms. The molecule has 0 saturated heterocycles. The third-order valence-electron chi connectivity index (χ3n) is 3.18. The first-order valence-corrected chi connectivity index (χ1v) is 8.59. The highest BCUT2D eigenvalue weighted by Crippen LogP contribution is 2.16. The fourth-order valence-corrected chi connectivity index (χ4v) is 2.24. The van der Waals surface area contributed by atoms with Gasteiger partial charge in [0.2, 0.25) is 5.91 Å². The lowest BCUT2D eigenvalue weighted by Gasteiger charge is -2.17. The number of anilines is 1. The molecular weight excluding hydrogens is 373 g/mol. The van der Waals surface area contributed by atoms with E-state index in [1.165, 1.54) is 33.1 Å². The van der Waals surface area contributed by atoms with Crippen LogP contribution in [0.2, 0.25) is 0 Å². The average molecular weight is 393 g/mol. The predicted octanol–water partition coefficient (Wildman–Crippen LogP) is 0.950. The van der Waals surface area contributed by atoms with E-state index >= 15 is 0 Å². The summed E-state index contributed by atoms with van der Waals surface area (Å²) in [5.41, 5.74) is 0.0963. The molecule has 1 amide bonds. The lowest BCUT2D eigenvalue weighted by Crippen LogP contribution is -2.34. The molecule has 0 radical (unpaired) electrons. The van der Waals surface area contributed by atoms with Crippen molar-refractivity contribution in [3.05, 3.63) is 24.3 Å². The second-order valence-electron chi connectivity index (χ2n) is 5.17. The molecule has 0 saturated carbocycles. The second kappa shape index (κ2) is 9.94. The molecule has 1 aromatic carbocycles. The smallest absolute Gasteiger partial charge is 0.335 e. The van der Waals surface area contributed by atoms with Crippen molar-refractivity contribution in [1.29, 1.82) is 0 Å². The molecule has 0 fully saturated rings. The topological polar surface area (TPSA) is 136 Å². The van der Waals surface area contributed by atoms with Crippen LogP contribution in [0.4, 0.5) is 10.4 Å². The number of carbonyl (C=O) groups excluding carboxylic acids is 3. The molecule has 0 heterocycles. The maximum absolute atomic E-state index is 12.0. The Balaban J connectivity index is 0.00000625. The number of hydrogen-bond acceptors (Lipinski definition) is 7. The van der Waals surface area contributed by atoms with Crippen LogP contribution in [-0.4, -0.2) is 49.9 Å². The van der Waals surface area contributed by atoms with Gasteiger partial charge in [-0.15, -0.1) is 0 Å². The van der Waals surface area contributed by atoms with Crippen LogP contribution >= 0.6 is 0 Å². The summed E-state index contributed by atoms with van der Waals surface area (Å²) in [6.07, 6.45) is -2.64. The maximum atomic E-state index is 12.0. The number of methoxy groups -OCH3 is 1. The van der Waals surface area contributed by atoms with Gasteiger partial charge in [-0.25, -0.2) is 4.79 Å². The molecule has 0 bridgehead atoms. The Morgan fingerprint density at radius 2 is 1.88 bits per heavy atom. The Bertz CT molecular complexity index is 765. The minimum Gasteiger partial charge on any atom is -0.452 e. The first-order chi connectivity index (χ1) is 11.5. The van der Waals surface area contributed by atoms with E-state index in [2.05, 4.69) is 5.32 Å². The Hall–Kier alpha value is -2.37. The largest absolute Gasteiger partial charge is 0.452 e. The van der Waals surface area contributed by atoms with Gasteiger partial charge in [-0.3, -0.25) is 18.8 Å². The fourth-order valence-electron chi connectivity index (χ4n) is 1.72. The van der Waals surface area contributed by atoms with Gasteiger partial charge in [-0.05, 0) is 32.0 Å². The summed E-state index contributed by atoms with van der Waals surface area (Å²) in [4.78, 5) is 34.8. The molecule has 26 heavy (non-hydrogen) atoms. The standard InChI is InChI=1S/C15H19NO8S.FH/c1-9(17)13(24-15(19)10(2)23-3)8-14(18)16-11-5-4-6-12(7-11)25(20,21)22;/h4-7,10,13H,8H2,1-3H3,(H,16,18)(H,20,21,22);1H. The van der Waals surface area contributed by atoms with Crippen LogP contribution in [0.5, 0.6) is 0 Å². The van der Waals surface area contributed by atoms with Crippen LogP contribution in [0.25, 0.3) is 0 Å². The zero-order valence-corrected chi connectivity index (χ0v) is 15.1. The van der Waals surface area contributed by atoms with Crippen LogP contribution in [-0.2, 0) is 34.0 Å². The van der Waals surface area contributed by atoms with Gasteiger partial charge in [0.05, 0.1) is 11.3 Å². The number of esters is 1. The Morgan fingerprint density at radius 1 is 1.27 bits per heavy atom. The summed E-state index contributed by atoms with van der Waals surface area (Å²) >= 11 is 0. The molecule has 9 nitrogen and oxygen atoms in total. The number of ether oxygens (including phenoxy) is 2. The van der Waals surface area contributed by atoms with Gasteiger partial charge >= 0.3 is 5.97 Å². The quantitative estimate of drug-likeness (QED) is 0.492. The first kappa shape index (κ1) is 23.6. The third-order valence-corrected chi connectivity index (χ3v) is 4.03. The summed E-state index contributed by atoms with van der Waals surface area (Å²) < 4.78 is 40.9. The van der Waals surface area contributed by atoms with Gasteiger partial charge in [0, 0.05) is 12.8 Å². The van der Waals surface area contributed by atoms with Crippen molar-refractivity contribution in [2.45, 2.75) is 37.4 Å². The molecule has 0 aliphatic rings. The number of benzene rings is 1. The average Bonchev–Trinajstić information content (AvgIpc) is 2.52. The van der Waals surface area contributed by atoms with E-state index in [0.29, 0.717) is 0 Å². The zero-order valence-electron chi connectivity index (χ0n) is 14.3. The van der Waals surface area contributed by atoms with Crippen molar-refractivity contribution in [2.75, 3.05) is 12.4 Å². The summed E-state index contributed by atoms with van der Waals surface area (Å²) in [6.45, 7) is 2.60. The molecule has 0 aromatic heterocycles. The van der Waals surface area contributed by atoms with E-state index in [9.17, 15) is 22.8 Å². The highest BCUT2D eigenvalue weighted by Gasteiger charge is 2.25. The van der Waals surface area contributed by atoms with E-state index in [4.69, 9.17) is 14.0 Å². The molecule has 2 N–H and O–H groups in total. The summed E-state index contributed by atoms with van der Waals surface area (Å²) in [5, 5.41) is 2.37. The Kier molecular flexibility index (Phi) is 9.04. The van der Waals surface area contributed by atoms with Gasteiger partial charge in [-0.1, -0.05) is 6.07 Å². The van der Waals surface area contributed by atoms with Gasteiger partial charge in [0.25, 0.3) is 10.1 Å². The number of ketones is 1. The zero-order chi connectivity index (χ0) is 19.2. The minimum absolute atomic E-state index is 0. The van der Waals surface area contributed by atoms with Crippen molar-refractivity contribution < 1.29 is 41.5 Å². The van der Waals surface area contributed by atoms with Gasteiger partial charge in [0.1, 0.15) is 0 Å². The fraction of sp³-hybridized carbons (Fsp3) is 0.400. The molecular formula is C15H20FNO8S. The lowest BCUT2D eigenvalue weighted by atomic mass is 10.1. The molecule has 0 aliphatic carbocycles. The number of hydrogen-bond donors (Lipinski definition) is 2. The van der Waals surface area contributed by atoms with Crippen molar-refractivity contribution in [2.24, 2.45) is 0 Å². The Morgan fingerprint density at radius 3 is 2.38 bits per heavy atom. The monoisotopic (exact) mass is 393 g/mol. The first-order valence-electron chi connectivity index (χ1n) is 7.15. The van der Waals surface area contributed by atoms with Crippen LogP contribution in [0, 0.1) is 0 Å². The van der Waals surface area contributed by atoms with Crippen LogP contribution in [0.15, 0.2) is 29.2 Å². The maximum Gasteiger partial charge on any atom is 0.335 e. The normalized spacial score (nSPS) is 13.1. The van der Waals surface area contributed by atoms with E-state index in [0.717, 1.165) is 12.1 Å². The highest BCUT2D eigenvalue weighted by atomic mass is 32.2. The van der Waals surface area contributed by atoms with Crippen molar-refractivity contribution in [3.8, 4) is 0 Å². The predicted molar refractivity (Wildman–Crippen MR) is 89.0 cm³/mol. The summed E-state index contributed by atoms with van der Waals surface area (Å²) in [6, 6.07) is 4.92. The lowest BCUT2D eigenvalue weighted by molar-refractivity contribution is -0.164. The van der Waals surface area contributed by atoms with E-state index in [1.54, 1.807) is 0 Å². The molecule has 0 aliphatic heterocycles. The Labute approximate surface area is 149 Å². The van der Waals surface area contributed by atoms with Gasteiger partial charge < -0.3 is 14.8 Å². The molecule has 2 atom stereocenters. The number of nitrogens with one attached hydrogen (secondary N) is 1. The van der Waals surface area contributed by atoms with Crippen molar-refractivity contribution >= 4 is 33.5 Å². The molecule has 146 valence electrons. The summed E-state index contributed by atoms with van der Waals surface area (Å²) in [5.74, 6) is -1.99. The van der Waals surface area contributed by atoms with E-state index in [1.807, 2.05) is 0 Å². The molecule has 1 aromatic rings. The number of Topliss-reactive ketones (excluding diaryl/α,β-unsaturated/α-hetero) is 1. The van der Waals surface area contributed by atoms with Gasteiger partial charge in [0.15, 0.2) is 18.0 Å². The van der Waals surface area contributed by atoms with Crippen molar-refractivity contribution in [3.63, 3.8) is 0 Å². The van der Waals surface area contributed by atoms with E-state index < -0.39 is 51.3 Å². The minimum atomic E-state index is -4.41. The van der Waals surface area contributed by atoms with Crippen LogP contribution in [0.3, 0.4) is 0 Å². The summed E-state index contributed by atoms with van der Waals surface area (Å²) in [7, 11) is -3.12. The van der Waals surface area contributed by atoms with E-state index in [-0.39, 0.29) is 10.4 Å². The number of rotatable bonds is 8. The number of carbonyl (C=O) groups is 3. The number of halogens is 1. The highest BCUT2D eigenvalue weighted by molar-refractivity contribution is 7.85. The molecule has 0 spiro atoms. The van der Waals surface area contributed by atoms with Crippen LogP contribution < -0.4 is 5.32 Å². The SMILES string of the molecule is COC(C)C(=O)OC(CC(=O)Nc1cccc(S(=O)(=O)O)c1)C(C)=O.F. The number of amides is 1. The third kappa shape index (κ3) is 7.25. The molecule has 2 unspecified atom stereocenters. The van der Waals surface area contributed by atoms with Gasteiger partial charge in [-0.2, -0.15) is 8.42 Å². The second-order valence-corrected chi connectivity index (χ2v) is 6.59. The van der Waals surface area contributed by atoms with Crippen LogP contribution in [0.1, 0.15) is 20.3 Å². The molecule has 1 rings (SSSR count). The van der Waals surface area contributed by atoms with Crippen molar-refractivity contribution in [1.82, 2.24) is 0 Å².